The molecule has 132 valence electrons. The van der Waals surface area contributed by atoms with Gasteiger partial charge in [0.1, 0.15) is 0 Å². The molecule has 2 N–H and O–H groups in total. The van der Waals surface area contributed by atoms with E-state index in [-0.39, 0.29) is 17.8 Å². The first kappa shape index (κ1) is 17.6. The van der Waals surface area contributed by atoms with E-state index < -0.39 is 0 Å². The molecule has 1 saturated carbocycles. The summed E-state index contributed by atoms with van der Waals surface area (Å²) in [5.74, 6) is 0.511. The monoisotopic (exact) mass is 404 g/mol. The molecule has 5 nitrogen and oxygen atoms in total. The minimum absolute atomic E-state index is 0.0964. The van der Waals surface area contributed by atoms with Crippen LogP contribution in [0.15, 0.2) is 40.9 Å². The molecule has 0 aliphatic heterocycles. The lowest BCUT2D eigenvalue weighted by molar-refractivity contribution is 0.206. The summed E-state index contributed by atoms with van der Waals surface area (Å²) < 4.78 is 6.14. The number of amides is 2. The number of carbonyl (C=O) groups is 1. The number of hydrogen-bond donors (Lipinski definition) is 2. The van der Waals surface area contributed by atoms with E-state index >= 15 is 0 Å². The number of benzene rings is 2. The first-order valence-electron chi connectivity index (χ1n) is 8.17. The number of nitrogens with one attached hydrogen (secondary N) is 1. The van der Waals surface area contributed by atoms with Crippen molar-refractivity contribution in [1.29, 1.82) is 0 Å². The van der Waals surface area contributed by atoms with E-state index in [1.165, 1.54) is 7.11 Å². The molecule has 0 saturated heterocycles. The van der Waals surface area contributed by atoms with Crippen LogP contribution in [-0.4, -0.2) is 29.2 Å². The van der Waals surface area contributed by atoms with Gasteiger partial charge in [-0.1, -0.05) is 22.0 Å². The predicted octanol–water partition coefficient (Wildman–Crippen LogP) is 4.67. The molecule has 0 aromatic heterocycles. The molecule has 0 radical (unpaired) electrons. The summed E-state index contributed by atoms with van der Waals surface area (Å²) in [4.78, 5) is 14.6. The third kappa shape index (κ3) is 4.25. The highest BCUT2D eigenvalue weighted by Gasteiger charge is 2.33. The van der Waals surface area contributed by atoms with Crippen molar-refractivity contribution in [2.45, 2.75) is 32.4 Å². The normalized spacial score (nSPS) is 13.4. The van der Waals surface area contributed by atoms with E-state index in [1.54, 1.807) is 12.1 Å². The van der Waals surface area contributed by atoms with Gasteiger partial charge >= 0.3 is 6.03 Å². The molecule has 2 aromatic carbocycles. The number of methoxy groups -OCH3 is 1. The summed E-state index contributed by atoms with van der Waals surface area (Å²) in [6.45, 7) is 2.44. The van der Waals surface area contributed by atoms with Crippen LogP contribution in [0.5, 0.6) is 11.5 Å². The topological polar surface area (TPSA) is 61.8 Å². The standard InChI is InChI=1S/C19H21BrN2O3/c1-12-9-14(20)4-7-16(12)21-19(24)22(15-5-6-15)11-13-3-8-17(23)18(10-13)25-2/h3-4,7-10,15,23H,5-6,11H2,1-2H3,(H,21,24). The summed E-state index contributed by atoms with van der Waals surface area (Å²) in [6, 6.07) is 11.1. The molecule has 1 aliphatic rings. The first-order valence-corrected chi connectivity index (χ1v) is 8.97. The van der Waals surface area contributed by atoms with E-state index in [2.05, 4.69) is 21.2 Å². The molecule has 25 heavy (non-hydrogen) atoms. The highest BCUT2D eigenvalue weighted by atomic mass is 79.9. The SMILES string of the molecule is COc1cc(CN(C(=O)Nc2ccc(Br)cc2C)C2CC2)ccc1O. The van der Waals surface area contributed by atoms with Crippen molar-refractivity contribution in [1.82, 2.24) is 4.90 Å². The Balaban J connectivity index is 1.75. The molecule has 0 heterocycles. The Labute approximate surface area is 155 Å². The fourth-order valence-electron chi connectivity index (χ4n) is 2.72. The van der Waals surface area contributed by atoms with Gasteiger partial charge in [-0.2, -0.15) is 0 Å². The molecule has 2 amide bonds. The van der Waals surface area contributed by atoms with Crippen LogP contribution in [0.3, 0.4) is 0 Å². The Morgan fingerprint density at radius 2 is 2.08 bits per heavy atom. The molecular formula is C19H21BrN2O3. The van der Waals surface area contributed by atoms with Crippen molar-refractivity contribution in [2.24, 2.45) is 0 Å². The lowest BCUT2D eigenvalue weighted by Crippen LogP contribution is -2.36. The zero-order chi connectivity index (χ0) is 18.0. The number of hydrogen-bond acceptors (Lipinski definition) is 3. The van der Waals surface area contributed by atoms with Crippen molar-refractivity contribution in [3.8, 4) is 11.5 Å². The third-order valence-corrected chi connectivity index (χ3v) is 4.77. The highest BCUT2D eigenvalue weighted by Crippen LogP contribution is 2.32. The first-order chi connectivity index (χ1) is 12.0. The number of urea groups is 1. The van der Waals surface area contributed by atoms with Crippen LogP contribution >= 0.6 is 15.9 Å². The van der Waals surface area contributed by atoms with Gasteiger partial charge in [0.25, 0.3) is 0 Å². The van der Waals surface area contributed by atoms with Crippen LogP contribution in [-0.2, 0) is 6.54 Å². The number of aromatic hydroxyl groups is 1. The van der Waals surface area contributed by atoms with E-state index in [9.17, 15) is 9.90 Å². The van der Waals surface area contributed by atoms with Crippen LogP contribution in [0.2, 0.25) is 0 Å². The Bertz CT molecular complexity index is 790. The Morgan fingerprint density at radius 3 is 2.72 bits per heavy atom. The third-order valence-electron chi connectivity index (χ3n) is 4.28. The molecule has 2 aromatic rings. The number of phenolic OH excluding ortho intramolecular Hbond substituents is 1. The number of halogens is 1. The zero-order valence-corrected chi connectivity index (χ0v) is 15.8. The summed E-state index contributed by atoms with van der Waals surface area (Å²) >= 11 is 3.43. The minimum Gasteiger partial charge on any atom is -0.504 e. The van der Waals surface area contributed by atoms with Crippen molar-refractivity contribution < 1.29 is 14.6 Å². The van der Waals surface area contributed by atoms with Crippen molar-refractivity contribution in [3.05, 3.63) is 52.0 Å². The largest absolute Gasteiger partial charge is 0.504 e. The number of rotatable bonds is 5. The second-order valence-electron chi connectivity index (χ2n) is 6.25. The number of ether oxygens (including phenoxy) is 1. The average molecular weight is 405 g/mol. The van der Waals surface area contributed by atoms with E-state index in [0.717, 1.165) is 34.1 Å². The van der Waals surface area contributed by atoms with Gasteiger partial charge in [-0.25, -0.2) is 4.79 Å². The summed E-state index contributed by atoms with van der Waals surface area (Å²) in [6.07, 6.45) is 2.03. The Hall–Kier alpha value is -2.21. The number of carbonyl (C=O) groups excluding carboxylic acids is 1. The van der Waals surface area contributed by atoms with Crippen molar-refractivity contribution in [2.75, 3.05) is 12.4 Å². The highest BCUT2D eigenvalue weighted by molar-refractivity contribution is 9.10. The fraction of sp³-hybridized carbons (Fsp3) is 0.316. The lowest BCUT2D eigenvalue weighted by atomic mass is 10.2. The molecule has 0 atom stereocenters. The lowest BCUT2D eigenvalue weighted by Gasteiger charge is -2.24. The van der Waals surface area contributed by atoms with Gasteiger partial charge in [-0.15, -0.1) is 0 Å². The number of phenols is 1. The Morgan fingerprint density at radius 1 is 1.32 bits per heavy atom. The fourth-order valence-corrected chi connectivity index (χ4v) is 3.20. The minimum atomic E-state index is -0.111. The van der Waals surface area contributed by atoms with Gasteiger partial charge in [0, 0.05) is 22.7 Å². The molecule has 0 unspecified atom stereocenters. The van der Waals surface area contributed by atoms with Crippen LogP contribution in [0, 0.1) is 6.92 Å². The maximum atomic E-state index is 12.8. The predicted molar refractivity (Wildman–Crippen MR) is 101 cm³/mol. The van der Waals surface area contributed by atoms with Crippen LogP contribution in [0.4, 0.5) is 10.5 Å². The van der Waals surface area contributed by atoms with Crippen molar-refractivity contribution >= 4 is 27.6 Å². The van der Waals surface area contributed by atoms with Crippen LogP contribution in [0.1, 0.15) is 24.0 Å². The maximum Gasteiger partial charge on any atom is 0.322 e. The molecule has 1 fully saturated rings. The summed E-state index contributed by atoms with van der Waals surface area (Å²) in [5, 5.41) is 12.7. The number of anilines is 1. The smallest absolute Gasteiger partial charge is 0.322 e. The number of aryl methyl sites for hydroxylation is 1. The molecule has 1 aliphatic carbocycles. The second kappa shape index (κ2) is 7.35. The summed E-state index contributed by atoms with van der Waals surface area (Å²) in [5.41, 5.74) is 2.73. The molecule has 3 rings (SSSR count). The zero-order valence-electron chi connectivity index (χ0n) is 14.3. The van der Waals surface area contributed by atoms with Gasteiger partial charge in [-0.3, -0.25) is 0 Å². The average Bonchev–Trinajstić information content (AvgIpc) is 3.41. The van der Waals surface area contributed by atoms with E-state index in [0.29, 0.717) is 12.3 Å². The second-order valence-corrected chi connectivity index (χ2v) is 7.17. The van der Waals surface area contributed by atoms with Crippen molar-refractivity contribution in [3.63, 3.8) is 0 Å². The molecule has 0 spiro atoms. The molecular weight excluding hydrogens is 384 g/mol. The molecule has 6 heteroatoms. The molecule has 0 bridgehead atoms. The maximum absolute atomic E-state index is 12.8. The summed E-state index contributed by atoms with van der Waals surface area (Å²) in [7, 11) is 1.51. The number of nitrogens with zero attached hydrogens (tertiary/aromatic N) is 1. The van der Waals surface area contributed by atoms with E-state index in [1.807, 2.05) is 36.1 Å². The Kier molecular flexibility index (Phi) is 5.18. The van der Waals surface area contributed by atoms with Gasteiger partial charge in [0.2, 0.25) is 0 Å². The quantitative estimate of drug-likeness (QED) is 0.760. The van der Waals surface area contributed by atoms with Gasteiger partial charge in [0.15, 0.2) is 11.5 Å². The van der Waals surface area contributed by atoms with Gasteiger partial charge in [-0.05, 0) is 61.2 Å². The van der Waals surface area contributed by atoms with Gasteiger partial charge in [0.05, 0.1) is 7.11 Å². The van der Waals surface area contributed by atoms with E-state index in [4.69, 9.17) is 4.74 Å². The van der Waals surface area contributed by atoms with Crippen LogP contribution < -0.4 is 10.1 Å². The van der Waals surface area contributed by atoms with Crippen LogP contribution in [0.25, 0.3) is 0 Å². The van der Waals surface area contributed by atoms with Gasteiger partial charge < -0.3 is 20.1 Å².